The molecule has 3 rings (SSSR count). The third-order valence-corrected chi connectivity index (χ3v) is 6.70. The first-order valence-electron chi connectivity index (χ1n) is 9.17. The van der Waals surface area contributed by atoms with E-state index in [1.54, 1.807) is 54.6 Å². The third-order valence-electron chi connectivity index (χ3n) is 4.64. The summed E-state index contributed by atoms with van der Waals surface area (Å²) < 4.78 is 37.2. The van der Waals surface area contributed by atoms with Crippen LogP contribution in [0, 0.1) is 13.8 Å². The van der Waals surface area contributed by atoms with E-state index in [0.717, 1.165) is 11.1 Å². The zero-order valence-corrected chi connectivity index (χ0v) is 17.1. The molecule has 1 N–H and O–H groups in total. The molecule has 29 heavy (non-hydrogen) atoms. The van der Waals surface area contributed by atoms with Crippen LogP contribution < -0.4 is 10.1 Å². The lowest BCUT2D eigenvalue weighted by Gasteiger charge is -2.17. The Labute approximate surface area is 170 Å². The van der Waals surface area contributed by atoms with E-state index in [1.807, 2.05) is 19.9 Å². The number of carbonyl (C=O) groups excluding carboxylic acids is 1. The van der Waals surface area contributed by atoms with Crippen LogP contribution >= 0.6 is 0 Å². The molecule has 0 bridgehead atoms. The second kappa shape index (κ2) is 8.96. The first-order valence-corrected chi connectivity index (χ1v) is 10.7. The molecular weight excluding hydrogens is 390 g/mol. The predicted octanol–water partition coefficient (Wildman–Crippen LogP) is 3.61. The SMILES string of the molecule is Cc1ccc(S(=O)(=O)[C@@H](CNC(=O)COc2ccccc2)c2ccco2)cc1C. The normalized spacial score (nSPS) is 12.3. The standard InChI is InChI=1S/C22H23NO5S/c1-16-10-11-19(13-17(16)2)29(25,26)21(20-9-6-12-27-20)14-23-22(24)15-28-18-7-4-3-5-8-18/h3-13,21H,14-15H2,1-2H3,(H,23,24)/t21-/m0/s1. The Hall–Kier alpha value is -3.06. The largest absolute Gasteiger partial charge is 0.484 e. The smallest absolute Gasteiger partial charge is 0.257 e. The molecule has 0 aliphatic rings. The lowest BCUT2D eigenvalue weighted by Crippen LogP contribution is -2.34. The van der Waals surface area contributed by atoms with Gasteiger partial charge in [0.05, 0.1) is 11.2 Å². The Kier molecular flexibility index (Phi) is 6.39. The molecule has 1 heterocycles. The van der Waals surface area contributed by atoms with Crippen molar-refractivity contribution >= 4 is 15.7 Å². The number of furan rings is 1. The van der Waals surface area contributed by atoms with Crippen molar-refractivity contribution in [2.75, 3.05) is 13.2 Å². The maximum atomic E-state index is 13.2. The van der Waals surface area contributed by atoms with Gasteiger partial charge in [0, 0.05) is 6.54 Å². The molecule has 152 valence electrons. The van der Waals surface area contributed by atoms with Gasteiger partial charge in [-0.3, -0.25) is 4.79 Å². The van der Waals surface area contributed by atoms with Gasteiger partial charge in [0.1, 0.15) is 16.8 Å². The van der Waals surface area contributed by atoms with E-state index in [9.17, 15) is 13.2 Å². The Morgan fingerprint density at radius 2 is 1.79 bits per heavy atom. The summed E-state index contributed by atoms with van der Waals surface area (Å²) in [6.07, 6.45) is 1.42. The number of sulfone groups is 1. The molecule has 0 saturated heterocycles. The predicted molar refractivity (Wildman–Crippen MR) is 109 cm³/mol. The van der Waals surface area contributed by atoms with Crippen molar-refractivity contribution in [3.8, 4) is 5.75 Å². The van der Waals surface area contributed by atoms with Crippen LogP contribution in [-0.2, 0) is 14.6 Å². The van der Waals surface area contributed by atoms with E-state index in [4.69, 9.17) is 9.15 Å². The van der Waals surface area contributed by atoms with Gasteiger partial charge in [-0.05, 0) is 61.4 Å². The molecule has 0 spiro atoms. The van der Waals surface area contributed by atoms with Gasteiger partial charge in [0.15, 0.2) is 16.4 Å². The molecule has 1 aromatic heterocycles. The summed E-state index contributed by atoms with van der Waals surface area (Å²) in [6.45, 7) is 3.44. The summed E-state index contributed by atoms with van der Waals surface area (Å²) in [5, 5.41) is 1.60. The van der Waals surface area contributed by atoms with E-state index < -0.39 is 21.0 Å². The molecule has 0 unspecified atom stereocenters. The number of benzene rings is 2. The van der Waals surface area contributed by atoms with Crippen molar-refractivity contribution in [3.05, 3.63) is 83.8 Å². The summed E-state index contributed by atoms with van der Waals surface area (Å²) >= 11 is 0. The molecular formula is C22H23NO5S. The zero-order chi connectivity index (χ0) is 20.9. The summed E-state index contributed by atoms with van der Waals surface area (Å²) in [7, 11) is -3.78. The fraction of sp³-hybridized carbons (Fsp3) is 0.227. The lowest BCUT2D eigenvalue weighted by atomic mass is 10.1. The number of hydrogen-bond donors (Lipinski definition) is 1. The van der Waals surface area contributed by atoms with E-state index in [0.29, 0.717) is 5.75 Å². The van der Waals surface area contributed by atoms with E-state index >= 15 is 0 Å². The topological polar surface area (TPSA) is 85.6 Å². The van der Waals surface area contributed by atoms with Gasteiger partial charge in [0.25, 0.3) is 5.91 Å². The molecule has 0 fully saturated rings. The van der Waals surface area contributed by atoms with Crippen molar-refractivity contribution < 1.29 is 22.4 Å². The minimum absolute atomic E-state index is 0.125. The van der Waals surface area contributed by atoms with Crippen molar-refractivity contribution in [3.63, 3.8) is 0 Å². The van der Waals surface area contributed by atoms with Crippen molar-refractivity contribution in [1.29, 1.82) is 0 Å². The van der Waals surface area contributed by atoms with Crippen LogP contribution in [0.5, 0.6) is 5.75 Å². The average molecular weight is 413 g/mol. The molecule has 0 saturated carbocycles. The van der Waals surface area contributed by atoms with Gasteiger partial charge in [-0.25, -0.2) is 8.42 Å². The number of para-hydroxylation sites is 1. The van der Waals surface area contributed by atoms with E-state index in [-0.39, 0.29) is 23.8 Å². The Morgan fingerprint density at radius 1 is 1.03 bits per heavy atom. The lowest BCUT2D eigenvalue weighted by molar-refractivity contribution is -0.123. The van der Waals surface area contributed by atoms with E-state index in [2.05, 4.69) is 5.32 Å². The summed E-state index contributed by atoms with van der Waals surface area (Å²) in [4.78, 5) is 12.4. The zero-order valence-electron chi connectivity index (χ0n) is 16.3. The fourth-order valence-corrected chi connectivity index (χ4v) is 4.49. The second-order valence-corrected chi connectivity index (χ2v) is 8.83. The summed E-state index contributed by atoms with van der Waals surface area (Å²) in [5.74, 6) is 0.418. The van der Waals surface area contributed by atoms with Gasteiger partial charge < -0.3 is 14.5 Å². The number of rotatable bonds is 8. The van der Waals surface area contributed by atoms with Crippen molar-refractivity contribution in [1.82, 2.24) is 5.32 Å². The molecule has 0 aliphatic carbocycles. The molecule has 0 aliphatic heterocycles. The quantitative estimate of drug-likeness (QED) is 0.610. The first kappa shape index (κ1) is 20.7. The average Bonchev–Trinajstić information content (AvgIpc) is 3.23. The summed E-state index contributed by atoms with van der Waals surface area (Å²) in [5.41, 5.74) is 1.88. The Bertz CT molecular complexity index is 1060. The highest BCUT2D eigenvalue weighted by atomic mass is 32.2. The third kappa shape index (κ3) is 5.06. The maximum absolute atomic E-state index is 13.2. The number of ether oxygens (including phenoxy) is 1. The fourth-order valence-electron chi connectivity index (χ4n) is 2.82. The van der Waals surface area contributed by atoms with Gasteiger partial charge in [-0.1, -0.05) is 24.3 Å². The molecule has 1 amide bonds. The number of nitrogens with one attached hydrogen (secondary N) is 1. The van der Waals surface area contributed by atoms with Gasteiger partial charge in [-0.15, -0.1) is 0 Å². The van der Waals surface area contributed by atoms with Crippen molar-refractivity contribution in [2.45, 2.75) is 24.0 Å². The molecule has 2 aromatic carbocycles. The molecule has 6 nitrogen and oxygen atoms in total. The minimum Gasteiger partial charge on any atom is -0.484 e. The van der Waals surface area contributed by atoms with Crippen LogP contribution in [0.1, 0.15) is 22.1 Å². The highest BCUT2D eigenvalue weighted by Crippen LogP contribution is 2.30. The van der Waals surface area contributed by atoms with Gasteiger partial charge in [0.2, 0.25) is 0 Å². The number of carbonyl (C=O) groups is 1. The maximum Gasteiger partial charge on any atom is 0.257 e. The van der Waals surface area contributed by atoms with Gasteiger partial charge in [-0.2, -0.15) is 0 Å². The van der Waals surface area contributed by atoms with Crippen LogP contribution in [0.4, 0.5) is 0 Å². The molecule has 1 atom stereocenters. The van der Waals surface area contributed by atoms with Crippen molar-refractivity contribution in [2.24, 2.45) is 0 Å². The van der Waals surface area contributed by atoms with Crippen LogP contribution in [0.25, 0.3) is 0 Å². The highest BCUT2D eigenvalue weighted by molar-refractivity contribution is 7.91. The Balaban J connectivity index is 1.74. The molecule has 7 heteroatoms. The first-order chi connectivity index (χ1) is 13.9. The molecule has 0 radical (unpaired) electrons. The monoisotopic (exact) mass is 413 g/mol. The summed E-state index contributed by atoms with van der Waals surface area (Å²) in [6, 6.07) is 17.1. The number of amides is 1. The number of hydrogen-bond acceptors (Lipinski definition) is 5. The highest BCUT2D eigenvalue weighted by Gasteiger charge is 2.32. The minimum atomic E-state index is -3.78. The van der Waals surface area contributed by atoms with Gasteiger partial charge >= 0.3 is 0 Å². The molecule has 3 aromatic rings. The Morgan fingerprint density at radius 3 is 2.45 bits per heavy atom. The van der Waals surface area contributed by atoms with Crippen LogP contribution in [0.3, 0.4) is 0 Å². The van der Waals surface area contributed by atoms with E-state index in [1.165, 1.54) is 6.26 Å². The van der Waals surface area contributed by atoms with Crippen LogP contribution in [0.2, 0.25) is 0 Å². The number of aryl methyl sites for hydroxylation is 2. The van der Waals surface area contributed by atoms with Crippen LogP contribution in [0.15, 0.2) is 76.2 Å². The second-order valence-electron chi connectivity index (χ2n) is 6.70. The van der Waals surface area contributed by atoms with Crippen LogP contribution in [-0.4, -0.2) is 27.5 Å².